The van der Waals surface area contributed by atoms with Crippen molar-refractivity contribution < 1.29 is 5.11 Å². The van der Waals surface area contributed by atoms with Crippen LogP contribution in [0.2, 0.25) is 0 Å². The maximum absolute atomic E-state index is 9.74. The van der Waals surface area contributed by atoms with Gasteiger partial charge in [-0.25, -0.2) is 0 Å². The van der Waals surface area contributed by atoms with Crippen LogP contribution in [0.25, 0.3) is 0 Å². The van der Waals surface area contributed by atoms with Crippen molar-refractivity contribution in [2.45, 2.75) is 43.1 Å². The molecule has 1 aromatic rings. The molecule has 0 heterocycles. The topological polar surface area (TPSA) is 46.2 Å². The fraction of sp³-hybridized carbons (Fsp3) is 0.500. The first-order chi connectivity index (χ1) is 7.00. The predicted molar refractivity (Wildman–Crippen MR) is 66.0 cm³/mol. The van der Waals surface area contributed by atoms with E-state index >= 15 is 0 Å². The first kappa shape index (κ1) is 12.6. The zero-order valence-electron chi connectivity index (χ0n) is 9.47. The Kier molecular flexibility index (Phi) is 4.64. The molecule has 0 amide bonds. The molecular weight excluding hydrogens is 206 g/mol. The normalized spacial score (nSPS) is 15.3. The van der Waals surface area contributed by atoms with E-state index in [4.69, 9.17) is 5.73 Å². The summed E-state index contributed by atoms with van der Waals surface area (Å²) in [5.74, 6) is 0. The van der Waals surface area contributed by atoms with Crippen LogP contribution in [0, 0.1) is 0 Å². The molecule has 0 aliphatic carbocycles. The number of rotatable bonds is 4. The van der Waals surface area contributed by atoms with Crippen LogP contribution in [0.15, 0.2) is 29.2 Å². The fourth-order valence-electron chi connectivity index (χ4n) is 1.32. The lowest BCUT2D eigenvalue weighted by Gasteiger charge is -2.15. The third kappa shape index (κ3) is 3.86. The number of benzene rings is 1. The summed E-state index contributed by atoms with van der Waals surface area (Å²) in [6.45, 7) is 6.13. The number of aliphatic hydroxyl groups excluding tert-OH is 1. The zero-order chi connectivity index (χ0) is 11.4. The van der Waals surface area contributed by atoms with Gasteiger partial charge in [0.1, 0.15) is 0 Å². The average molecular weight is 225 g/mol. The molecule has 0 aliphatic heterocycles. The van der Waals surface area contributed by atoms with Crippen molar-refractivity contribution in [2.75, 3.05) is 0 Å². The summed E-state index contributed by atoms with van der Waals surface area (Å²) >= 11 is 1.81. The summed E-state index contributed by atoms with van der Waals surface area (Å²) in [4.78, 5) is 1.23. The summed E-state index contributed by atoms with van der Waals surface area (Å²) in [5.41, 5.74) is 6.52. The van der Waals surface area contributed by atoms with E-state index in [-0.39, 0.29) is 6.04 Å². The van der Waals surface area contributed by atoms with Crippen LogP contribution >= 0.6 is 11.8 Å². The molecule has 3 N–H and O–H groups in total. The Morgan fingerprint density at radius 1 is 1.13 bits per heavy atom. The second kappa shape index (κ2) is 5.54. The van der Waals surface area contributed by atoms with Crippen LogP contribution in [0.5, 0.6) is 0 Å². The van der Waals surface area contributed by atoms with Gasteiger partial charge >= 0.3 is 0 Å². The first-order valence-electron chi connectivity index (χ1n) is 5.21. The molecule has 0 aliphatic rings. The highest BCUT2D eigenvalue weighted by Gasteiger charge is 2.11. The highest BCUT2D eigenvalue weighted by molar-refractivity contribution is 7.99. The summed E-state index contributed by atoms with van der Waals surface area (Å²) in [6, 6.07) is 7.72. The van der Waals surface area contributed by atoms with Crippen LogP contribution in [-0.2, 0) is 0 Å². The van der Waals surface area contributed by atoms with Gasteiger partial charge in [-0.15, -0.1) is 11.8 Å². The molecule has 0 bridgehead atoms. The lowest BCUT2D eigenvalue weighted by molar-refractivity contribution is 0.153. The third-order valence-corrected chi connectivity index (χ3v) is 3.11. The maximum atomic E-state index is 9.74. The lowest BCUT2D eigenvalue weighted by Crippen LogP contribution is -2.24. The fourth-order valence-corrected chi connectivity index (χ4v) is 2.16. The standard InChI is InChI=1S/C12H19NOS/c1-8(2)15-11-6-4-10(5-7-11)12(14)9(3)13/h4-9,12,14H,13H2,1-3H3. The van der Waals surface area contributed by atoms with Crippen molar-refractivity contribution >= 4 is 11.8 Å². The molecule has 84 valence electrons. The van der Waals surface area contributed by atoms with E-state index in [1.807, 2.05) is 36.0 Å². The van der Waals surface area contributed by atoms with Gasteiger partial charge in [-0.1, -0.05) is 26.0 Å². The Hall–Kier alpha value is -0.510. The van der Waals surface area contributed by atoms with Gasteiger partial charge in [0, 0.05) is 16.2 Å². The van der Waals surface area contributed by atoms with Crippen molar-refractivity contribution in [3.8, 4) is 0 Å². The molecule has 0 saturated carbocycles. The van der Waals surface area contributed by atoms with E-state index in [2.05, 4.69) is 13.8 Å². The summed E-state index contributed by atoms with van der Waals surface area (Å²) in [6.07, 6.45) is -0.567. The SMILES string of the molecule is CC(C)Sc1ccc(C(O)C(C)N)cc1. The minimum absolute atomic E-state index is 0.228. The van der Waals surface area contributed by atoms with Crippen molar-refractivity contribution in [1.82, 2.24) is 0 Å². The van der Waals surface area contributed by atoms with E-state index in [0.29, 0.717) is 5.25 Å². The quantitative estimate of drug-likeness (QED) is 0.774. The smallest absolute Gasteiger partial charge is 0.0938 e. The third-order valence-electron chi connectivity index (χ3n) is 2.09. The van der Waals surface area contributed by atoms with Crippen LogP contribution in [0.4, 0.5) is 0 Å². The largest absolute Gasteiger partial charge is 0.387 e. The molecule has 0 fully saturated rings. The molecule has 1 aromatic carbocycles. The van der Waals surface area contributed by atoms with Crippen molar-refractivity contribution in [3.05, 3.63) is 29.8 Å². The number of nitrogens with two attached hydrogens (primary N) is 1. The minimum atomic E-state index is -0.567. The summed E-state index contributed by atoms with van der Waals surface area (Å²) in [5, 5.41) is 10.3. The van der Waals surface area contributed by atoms with Gasteiger partial charge in [-0.3, -0.25) is 0 Å². The van der Waals surface area contributed by atoms with Gasteiger partial charge in [0.15, 0.2) is 0 Å². The van der Waals surface area contributed by atoms with Crippen molar-refractivity contribution in [1.29, 1.82) is 0 Å². The average Bonchev–Trinajstić information content (AvgIpc) is 2.17. The van der Waals surface area contributed by atoms with Crippen LogP contribution in [0.1, 0.15) is 32.4 Å². The molecular formula is C12H19NOS. The Morgan fingerprint density at radius 2 is 1.67 bits per heavy atom. The van der Waals surface area contributed by atoms with E-state index < -0.39 is 6.10 Å². The zero-order valence-corrected chi connectivity index (χ0v) is 10.3. The number of hydrogen-bond acceptors (Lipinski definition) is 3. The molecule has 15 heavy (non-hydrogen) atoms. The molecule has 0 spiro atoms. The Labute approximate surface area is 95.9 Å². The molecule has 2 unspecified atom stereocenters. The number of aliphatic hydroxyl groups is 1. The second-order valence-electron chi connectivity index (χ2n) is 4.04. The summed E-state index contributed by atoms with van der Waals surface area (Å²) in [7, 11) is 0. The Balaban J connectivity index is 2.72. The minimum Gasteiger partial charge on any atom is -0.387 e. The van der Waals surface area contributed by atoms with Gasteiger partial charge in [-0.2, -0.15) is 0 Å². The highest BCUT2D eigenvalue weighted by atomic mass is 32.2. The Bertz CT molecular complexity index is 295. The van der Waals surface area contributed by atoms with Crippen molar-refractivity contribution in [2.24, 2.45) is 5.73 Å². The first-order valence-corrected chi connectivity index (χ1v) is 6.09. The lowest BCUT2D eigenvalue weighted by atomic mass is 10.0. The highest BCUT2D eigenvalue weighted by Crippen LogP contribution is 2.25. The monoisotopic (exact) mass is 225 g/mol. The molecule has 0 radical (unpaired) electrons. The maximum Gasteiger partial charge on any atom is 0.0938 e. The van der Waals surface area contributed by atoms with Gasteiger partial charge in [-0.05, 0) is 24.6 Å². The van der Waals surface area contributed by atoms with E-state index in [1.165, 1.54) is 4.90 Å². The van der Waals surface area contributed by atoms with Gasteiger partial charge in [0.05, 0.1) is 6.10 Å². The molecule has 2 atom stereocenters. The Morgan fingerprint density at radius 3 is 2.07 bits per heavy atom. The number of thioether (sulfide) groups is 1. The summed E-state index contributed by atoms with van der Waals surface area (Å²) < 4.78 is 0. The van der Waals surface area contributed by atoms with E-state index in [0.717, 1.165) is 5.56 Å². The van der Waals surface area contributed by atoms with Crippen LogP contribution in [-0.4, -0.2) is 16.4 Å². The predicted octanol–water partition coefficient (Wildman–Crippen LogP) is 2.57. The number of hydrogen-bond donors (Lipinski definition) is 2. The molecule has 0 aromatic heterocycles. The molecule has 1 rings (SSSR count). The van der Waals surface area contributed by atoms with Gasteiger partial charge in [0.25, 0.3) is 0 Å². The van der Waals surface area contributed by atoms with Crippen LogP contribution in [0.3, 0.4) is 0 Å². The van der Waals surface area contributed by atoms with Gasteiger partial charge in [0.2, 0.25) is 0 Å². The van der Waals surface area contributed by atoms with Crippen molar-refractivity contribution in [3.63, 3.8) is 0 Å². The van der Waals surface area contributed by atoms with E-state index in [1.54, 1.807) is 6.92 Å². The molecule has 0 saturated heterocycles. The van der Waals surface area contributed by atoms with Crippen LogP contribution < -0.4 is 5.73 Å². The van der Waals surface area contributed by atoms with E-state index in [9.17, 15) is 5.11 Å². The van der Waals surface area contributed by atoms with Gasteiger partial charge < -0.3 is 10.8 Å². The molecule has 2 nitrogen and oxygen atoms in total. The second-order valence-corrected chi connectivity index (χ2v) is 5.69. The molecule has 3 heteroatoms.